The molecule has 0 saturated carbocycles. The normalized spacial score (nSPS) is 22.0. The summed E-state index contributed by atoms with van der Waals surface area (Å²) in [7, 11) is 6.58. The van der Waals surface area contributed by atoms with Crippen molar-refractivity contribution in [2.24, 2.45) is 5.92 Å². The monoisotopic (exact) mass is 444 g/mol. The van der Waals surface area contributed by atoms with E-state index in [4.69, 9.17) is 37.9 Å². The van der Waals surface area contributed by atoms with Gasteiger partial charge < -0.3 is 37.9 Å². The van der Waals surface area contributed by atoms with Crippen molar-refractivity contribution in [2.75, 3.05) is 42.0 Å². The number of hydrogen-bond acceptors (Lipinski definition) is 8. The van der Waals surface area contributed by atoms with Gasteiger partial charge in [0, 0.05) is 22.6 Å². The van der Waals surface area contributed by atoms with E-state index in [1.165, 1.54) is 0 Å². The molecule has 0 fully saturated rings. The van der Waals surface area contributed by atoms with Crippen molar-refractivity contribution < 1.29 is 37.9 Å². The molecule has 32 heavy (non-hydrogen) atoms. The number of rotatable bonds is 6. The highest BCUT2D eigenvalue weighted by Crippen LogP contribution is 2.65. The summed E-state index contributed by atoms with van der Waals surface area (Å²) in [5, 5.41) is 0. The Hall–Kier alpha value is -3.16. The van der Waals surface area contributed by atoms with Gasteiger partial charge >= 0.3 is 0 Å². The maximum absolute atomic E-state index is 5.93. The number of benzene rings is 2. The molecule has 3 aliphatic rings. The van der Waals surface area contributed by atoms with E-state index in [9.17, 15) is 0 Å². The van der Waals surface area contributed by atoms with Gasteiger partial charge in [0.2, 0.25) is 36.6 Å². The number of hydrogen-bond donors (Lipinski definition) is 0. The molecule has 8 nitrogen and oxygen atoms in total. The summed E-state index contributed by atoms with van der Waals surface area (Å²) in [6.07, 6.45) is 0.924. The van der Waals surface area contributed by atoms with E-state index in [1.807, 2.05) is 6.07 Å². The van der Waals surface area contributed by atoms with Crippen LogP contribution < -0.4 is 37.9 Å². The number of methoxy groups -OCH3 is 4. The topological polar surface area (TPSA) is 73.8 Å². The summed E-state index contributed by atoms with van der Waals surface area (Å²) >= 11 is 0. The minimum Gasteiger partial charge on any atom is -0.493 e. The summed E-state index contributed by atoms with van der Waals surface area (Å²) in [6, 6.07) is 1.98. The molecule has 0 amide bonds. The molecule has 0 bridgehead atoms. The van der Waals surface area contributed by atoms with Crippen LogP contribution in [0.2, 0.25) is 0 Å². The SMILES string of the molecule is CCC1c2c(OC)c3c(c(OC)c2C(c2cc(OC)c4c(c2OC)OCO4)C1C)OCO3. The third-order valence-electron chi connectivity index (χ3n) is 6.85. The van der Waals surface area contributed by atoms with Crippen LogP contribution in [0.3, 0.4) is 0 Å². The molecule has 3 atom stereocenters. The Kier molecular flexibility index (Phi) is 5.03. The first-order chi connectivity index (χ1) is 15.6. The smallest absolute Gasteiger partial charge is 0.231 e. The summed E-state index contributed by atoms with van der Waals surface area (Å²) < 4.78 is 46.4. The molecule has 2 aromatic carbocycles. The molecule has 5 rings (SSSR count). The molecule has 1 aliphatic carbocycles. The first kappa shape index (κ1) is 20.7. The van der Waals surface area contributed by atoms with E-state index in [1.54, 1.807) is 28.4 Å². The molecule has 2 aromatic rings. The minimum atomic E-state index is -0.0772. The molecule has 0 radical (unpaired) electrons. The lowest BCUT2D eigenvalue weighted by Gasteiger charge is -2.25. The zero-order valence-corrected chi connectivity index (χ0v) is 19.2. The van der Waals surface area contributed by atoms with Gasteiger partial charge in [-0.15, -0.1) is 0 Å². The lowest BCUT2D eigenvalue weighted by Crippen LogP contribution is -2.12. The van der Waals surface area contributed by atoms with Crippen molar-refractivity contribution in [3.05, 3.63) is 22.8 Å². The Balaban J connectivity index is 1.83. The average Bonchev–Trinajstić information content (AvgIpc) is 3.54. The van der Waals surface area contributed by atoms with Crippen molar-refractivity contribution in [1.29, 1.82) is 0 Å². The first-order valence-corrected chi connectivity index (χ1v) is 10.7. The van der Waals surface area contributed by atoms with Crippen LogP contribution in [0.25, 0.3) is 0 Å². The predicted molar refractivity (Wildman–Crippen MR) is 115 cm³/mol. The third kappa shape index (κ3) is 2.61. The van der Waals surface area contributed by atoms with Crippen LogP contribution in [0, 0.1) is 5.92 Å². The van der Waals surface area contributed by atoms with Crippen LogP contribution in [-0.4, -0.2) is 42.0 Å². The van der Waals surface area contributed by atoms with Gasteiger partial charge in [0.05, 0.1) is 28.4 Å². The van der Waals surface area contributed by atoms with Crippen molar-refractivity contribution in [1.82, 2.24) is 0 Å². The Labute approximate surface area is 187 Å². The van der Waals surface area contributed by atoms with Crippen LogP contribution in [0.4, 0.5) is 0 Å². The van der Waals surface area contributed by atoms with Crippen molar-refractivity contribution in [2.45, 2.75) is 32.1 Å². The van der Waals surface area contributed by atoms with E-state index < -0.39 is 0 Å². The number of ether oxygens (including phenoxy) is 8. The van der Waals surface area contributed by atoms with Gasteiger partial charge in [0.15, 0.2) is 23.0 Å². The van der Waals surface area contributed by atoms with Gasteiger partial charge in [-0.2, -0.15) is 0 Å². The summed E-state index contributed by atoms with van der Waals surface area (Å²) in [6.45, 7) is 4.67. The van der Waals surface area contributed by atoms with E-state index in [2.05, 4.69) is 13.8 Å². The fourth-order valence-corrected chi connectivity index (χ4v) is 5.59. The fraction of sp³-hybridized carbons (Fsp3) is 0.500. The summed E-state index contributed by atoms with van der Waals surface area (Å²) in [5.74, 6) is 5.25. The molecule has 0 saturated heterocycles. The van der Waals surface area contributed by atoms with Gasteiger partial charge in [0.25, 0.3) is 0 Å². The molecule has 0 N–H and O–H groups in total. The molecule has 2 aliphatic heterocycles. The maximum atomic E-state index is 5.93. The second-order valence-corrected chi connectivity index (χ2v) is 8.08. The van der Waals surface area contributed by atoms with E-state index >= 15 is 0 Å². The zero-order valence-electron chi connectivity index (χ0n) is 19.2. The van der Waals surface area contributed by atoms with Crippen LogP contribution in [-0.2, 0) is 0 Å². The lowest BCUT2D eigenvalue weighted by atomic mass is 9.82. The van der Waals surface area contributed by atoms with Crippen LogP contribution in [0.5, 0.6) is 46.0 Å². The van der Waals surface area contributed by atoms with Crippen molar-refractivity contribution >= 4 is 0 Å². The zero-order chi connectivity index (χ0) is 22.6. The van der Waals surface area contributed by atoms with Crippen LogP contribution in [0.1, 0.15) is 48.8 Å². The van der Waals surface area contributed by atoms with Crippen molar-refractivity contribution in [3.8, 4) is 46.0 Å². The van der Waals surface area contributed by atoms with Crippen LogP contribution >= 0.6 is 0 Å². The molecule has 0 spiro atoms. The fourth-order valence-electron chi connectivity index (χ4n) is 5.59. The standard InChI is InChI=1S/C24H28O8/c1-7-12-11(2)15(13-8-14(25-3)19-22(18(13)26-4)30-9-29-19)17-16(12)20(27-5)23-24(21(17)28-6)32-10-31-23/h8,11-12,15H,7,9-10H2,1-6H3. The Morgan fingerprint density at radius 3 is 1.81 bits per heavy atom. The van der Waals surface area contributed by atoms with Crippen molar-refractivity contribution in [3.63, 3.8) is 0 Å². The lowest BCUT2D eigenvalue weighted by molar-refractivity contribution is 0.168. The highest BCUT2D eigenvalue weighted by molar-refractivity contribution is 5.74. The second-order valence-electron chi connectivity index (χ2n) is 8.08. The third-order valence-corrected chi connectivity index (χ3v) is 6.85. The van der Waals surface area contributed by atoms with Crippen LogP contribution in [0.15, 0.2) is 6.07 Å². The molecule has 172 valence electrons. The molecule has 3 unspecified atom stereocenters. The molecular weight excluding hydrogens is 416 g/mol. The molecule has 0 aromatic heterocycles. The van der Waals surface area contributed by atoms with E-state index in [0.29, 0.717) is 46.0 Å². The Morgan fingerprint density at radius 1 is 0.750 bits per heavy atom. The summed E-state index contributed by atoms with van der Waals surface area (Å²) in [4.78, 5) is 0. The predicted octanol–water partition coefficient (Wildman–Crippen LogP) is 4.45. The van der Waals surface area contributed by atoms with Gasteiger partial charge in [-0.1, -0.05) is 13.8 Å². The minimum absolute atomic E-state index is 0.0772. The van der Waals surface area contributed by atoms with Gasteiger partial charge in [0.1, 0.15) is 0 Å². The molecular formula is C24H28O8. The van der Waals surface area contributed by atoms with Gasteiger partial charge in [-0.3, -0.25) is 0 Å². The highest BCUT2D eigenvalue weighted by Gasteiger charge is 2.48. The quantitative estimate of drug-likeness (QED) is 0.647. The van der Waals surface area contributed by atoms with E-state index in [0.717, 1.165) is 23.1 Å². The summed E-state index contributed by atoms with van der Waals surface area (Å²) in [5.41, 5.74) is 3.05. The average molecular weight is 444 g/mol. The Bertz CT molecular complexity index is 1060. The maximum Gasteiger partial charge on any atom is 0.231 e. The Morgan fingerprint density at radius 2 is 1.28 bits per heavy atom. The van der Waals surface area contributed by atoms with Gasteiger partial charge in [-0.25, -0.2) is 0 Å². The molecule has 8 heteroatoms. The largest absolute Gasteiger partial charge is 0.493 e. The van der Waals surface area contributed by atoms with Gasteiger partial charge in [-0.05, 0) is 24.3 Å². The number of fused-ring (bicyclic) bond motifs is 3. The molecule has 2 heterocycles. The second kappa shape index (κ2) is 7.76. The highest BCUT2D eigenvalue weighted by atomic mass is 16.7. The first-order valence-electron chi connectivity index (χ1n) is 10.7. The van der Waals surface area contributed by atoms with E-state index in [-0.39, 0.29) is 31.3 Å².